The summed E-state index contributed by atoms with van der Waals surface area (Å²) in [6, 6.07) is 9.71. The molecule has 2 saturated heterocycles. The lowest BCUT2D eigenvalue weighted by Gasteiger charge is -2.29. The first kappa shape index (κ1) is 43.8. The first-order chi connectivity index (χ1) is 30.2. The van der Waals surface area contributed by atoms with E-state index in [4.69, 9.17) is 14.5 Å². The number of halogens is 2. The summed E-state index contributed by atoms with van der Waals surface area (Å²) in [5.41, 5.74) is 8.33. The van der Waals surface area contributed by atoms with E-state index in [1.54, 1.807) is 12.4 Å². The summed E-state index contributed by atoms with van der Waals surface area (Å²) < 4.78 is 39.6. The van der Waals surface area contributed by atoms with E-state index in [1.807, 2.05) is 39.8 Å². The number of fused-ring (bicyclic) bond motifs is 2. The fraction of sp³-hybridized carbons (Fsp3) is 0.532. The first-order valence-corrected chi connectivity index (χ1v) is 22.2. The van der Waals surface area contributed by atoms with Crippen molar-refractivity contribution in [2.45, 2.75) is 121 Å². The summed E-state index contributed by atoms with van der Waals surface area (Å²) >= 11 is 0. The van der Waals surface area contributed by atoms with Gasteiger partial charge >= 0.3 is 12.2 Å². The number of nitrogens with zero attached hydrogens (tertiary/aromatic N) is 4. The number of carbonyl (C=O) groups is 4. The van der Waals surface area contributed by atoms with Crippen LogP contribution in [0.5, 0.6) is 0 Å². The maximum absolute atomic E-state index is 15.1. The van der Waals surface area contributed by atoms with Gasteiger partial charge in [-0.2, -0.15) is 0 Å². The number of nitrogens with one attached hydrogen (secondary N) is 4. The molecule has 336 valence electrons. The third-order valence-electron chi connectivity index (χ3n) is 13.7. The van der Waals surface area contributed by atoms with Crippen LogP contribution in [0, 0.1) is 11.8 Å². The standard InChI is InChI=1S/C47H58F2N8O6/c1-25(2)39(54-45(60)62-5)43(58)56-23-30(48)19-37(56)41-50-21-35(52-41)28-11-9-27(10-12-28)33-17-29(18-34-32(33)13-16-47(34)14-7-8-15-47)36-22-51-42(53-36)38-20-31(49)24-57(38)44(59)40(26(3)4)55-46(61)63-6/h9-12,17-18,21-22,25-26,30-31,37-40H,7-8,13-16,19-20,23-24H2,1-6H3,(H,50,52)(H,51,53)(H,54,60)(H,55,61)/t30-,31-,37-,38-,39-,40-/m0/s1. The Morgan fingerprint density at radius 2 is 1.19 bits per heavy atom. The van der Waals surface area contributed by atoms with Gasteiger partial charge in [0.1, 0.15) is 36.1 Å². The van der Waals surface area contributed by atoms with Crippen molar-refractivity contribution in [1.82, 2.24) is 40.4 Å². The van der Waals surface area contributed by atoms with Crippen molar-refractivity contribution in [1.29, 1.82) is 0 Å². The molecule has 0 bridgehead atoms. The van der Waals surface area contributed by atoms with E-state index < -0.39 is 54.6 Å². The van der Waals surface area contributed by atoms with Gasteiger partial charge in [0.2, 0.25) is 11.8 Å². The van der Waals surface area contributed by atoms with Gasteiger partial charge in [-0.05, 0) is 82.9 Å². The molecule has 0 radical (unpaired) electrons. The lowest BCUT2D eigenvalue weighted by Crippen LogP contribution is -2.51. The van der Waals surface area contributed by atoms with Gasteiger partial charge in [-0.15, -0.1) is 0 Å². The number of hydrogen-bond acceptors (Lipinski definition) is 8. The van der Waals surface area contributed by atoms with E-state index in [2.05, 4.69) is 49.9 Å². The minimum absolute atomic E-state index is 0.0853. The van der Waals surface area contributed by atoms with Crippen molar-refractivity contribution in [3.63, 3.8) is 0 Å². The van der Waals surface area contributed by atoms with Crippen molar-refractivity contribution < 1.29 is 37.4 Å². The number of aromatic nitrogens is 4. The van der Waals surface area contributed by atoms with Crippen molar-refractivity contribution in [3.8, 4) is 33.6 Å². The van der Waals surface area contributed by atoms with Crippen molar-refractivity contribution in [2.24, 2.45) is 11.8 Å². The number of alkyl carbamates (subject to hydrolysis) is 2. The van der Waals surface area contributed by atoms with E-state index in [9.17, 15) is 23.6 Å². The smallest absolute Gasteiger partial charge is 0.407 e. The fourth-order valence-electron chi connectivity index (χ4n) is 10.4. The Balaban J connectivity index is 1.07. The van der Waals surface area contributed by atoms with E-state index in [1.165, 1.54) is 48.0 Å². The van der Waals surface area contributed by atoms with Crippen molar-refractivity contribution in [3.05, 3.63) is 71.6 Å². The molecule has 8 rings (SSSR count). The van der Waals surface area contributed by atoms with Crippen LogP contribution < -0.4 is 10.6 Å². The average Bonchev–Trinajstić information content (AvgIpc) is 4.14. The quantitative estimate of drug-likeness (QED) is 0.118. The molecule has 0 unspecified atom stereocenters. The minimum Gasteiger partial charge on any atom is -0.453 e. The topological polar surface area (TPSA) is 175 Å². The Labute approximate surface area is 366 Å². The summed E-state index contributed by atoms with van der Waals surface area (Å²) in [4.78, 5) is 70.8. The molecule has 4 N–H and O–H groups in total. The van der Waals surface area contributed by atoms with Gasteiger partial charge < -0.3 is 39.9 Å². The van der Waals surface area contributed by atoms with Crippen LogP contribution in [-0.4, -0.2) is 105 Å². The Kier molecular flexibility index (Phi) is 12.4. The SMILES string of the molecule is COC(=O)N[C@H](C(=O)N1C[C@@H](F)C[C@H]1c1ncc(-c2ccc(-c3cc(-c4cnc([C@@H]5C[C@H](F)CN5C(=O)[C@@H](NC(=O)OC)C(C)C)[nH]4)cc4c3CCC43CCCC3)cc2)[nH]1)C(C)C. The number of alkyl halides is 2. The van der Waals surface area contributed by atoms with Gasteiger partial charge in [0.05, 0.1) is 63.2 Å². The maximum atomic E-state index is 15.1. The largest absolute Gasteiger partial charge is 0.453 e. The zero-order valence-electron chi connectivity index (χ0n) is 36.8. The van der Waals surface area contributed by atoms with Gasteiger partial charge in [-0.1, -0.05) is 64.8 Å². The number of carbonyl (C=O) groups excluding carboxylic acids is 4. The number of amides is 4. The Morgan fingerprint density at radius 1 is 0.714 bits per heavy atom. The number of imidazole rings is 2. The second-order valence-corrected chi connectivity index (χ2v) is 18.4. The highest BCUT2D eigenvalue weighted by Gasteiger charge is 2.45. The highest BCUT2D eigenvalue weighted by Crippen LogP contribution is 2.53. The molecule has 4 aromatic rings. The molecule has 6 atom stereocenters. The number of aromatic amines is 2. The predicted molar refractivity (Wildman–Crippen MR) is 232 cm³/mol. The van der Waals surface area contributed by atoms with Crippen molar-refractivity contribution in [2.75, 3.05) is 27.3 Å². The lowest BCUT2D eigenvalue weighted by atomic mass is 9.79. The highest BCUT2D eigenvalue weighted by molar-refractivity contribution is 5.87. The van der Waals surface area contributed by atoms with E-state index in [0.29, 0.717) is 11.6 Å². The Bertz CT molecular complexity index is 2340. The van der Waals surface area contributed by atoms with Crippen LogP contribution >= 0.6 is 0 Å². The molecule has 3 fully saturated rings. The zero-order chi connectivity index (χ0) is 44.7. The molecule has 2 aliphatic carbocycles. The molecule has 4 amide bonds. The van der Waals surface area contributed by atoms with Gasteiger partial charge in [0, 0.05) is 18.4 Å². The van der Waals surface area contributed by atoms with Gasteiger partial charge in [0.25, 0.3) is 0 Å². The molecule has 1 saturated carbocycles. The number of benzene rings is 2. The number of methoxy groups -OCH3 is 2. The minimum atomic E-state index is -1.24. The number of rotatable bonds is 11. The van der Waals surface area contributed by atoms with Crippen LogP contribution in [0.15, 0.2) is 48.8 Å². The van der Waals surface area contributed by atoms with Crippen LogP contribution in [0.25, 0.3) is 33.6 Å². The van der Waals surface area contributed by atoms with E-state index in [0.717, 1.165) is 59.3 Å². The van der Waals surface area contributed by atoms with Gasteiger partial charge in [-0.3, -0.25) is 9.59 Å². The molecule has 63 heavy (non-hydrogen) atoms. The van der Waals surface area contributed by atoms with E-state index in [-0.39, 0.29) is 49.1 Å². The molecule has 16 heteroatoms. The number of hydrogen-bond donors (Lipinski definition) is 4. The summed E-state index contributed by atoms with van der Waals surface area (Å²) in [6.07, 6.45) is 6.41. The number of ether oxygens (including phenoxy) is 2. The summed E-state index contributed by atoms with van der Waals surface area (Å²) in [5.74, 6) is -0.322. The van der Waals surface area contributed by atoms with Crippen LogP contribution in [0.3, 0.4) is 0 Å². The second kappa shape index (κ2) is 17.8. The maximum Gasteiger partial charge on any atom is 0.407 e. The van der Waals surface area contributed by atoms with Crippen LogP contribution in [0.1, 0.15) is 108 Å². The normalized spacial score (nSPS) is 22.4. The van der Waals surface area contributed by atoms with Crippen LogP contribution in [0.2, 0.25) is 0 Å². The zero-order valence-corrected chi connectivity index (χ0v) is 36.8. The number of likely N-dealkylation sites (tertiary alicyclic amines) is 2. The van der Waals surface area contributed by atoms with Crippen LogP contribution in [0.4, 0.5) is 18.4 Å². The summed E-state index contributed by atoms with van der Waals surface area (Å²) in [5, 5.41) is 5.23. The van der Waals surface area contributed by atoms with Gasteiger partial charge in [-0.25, -0.2) is 28.3 Å². The monoisotopic (exact) mass is 868 g/mol. The molecular weight excluding hydrogens is 811 g/mol. The molecule has 4 aliphatic rings. The lowest BCUT2D eigenvalue weighted by molar-refractivity contribution is -0.136. The molecule has 2 aromatic carbocycles. The third kappa shape index (κ3) is 8.52. The molecule has 4 heterocycles. The molecule has 14 nitrogen and oxygen atoms in total. The highest BCUT2D eigenvalue weighted by atomic mass is 19.1. The van der Waals surface area contributed by atoms with E-state index >= 15 is 4.39 Å². The van der Waals surface area contributed by atoms with Crippen molar-refractivity contribution >= 4 is 24.0 Å². The summed E-state index contributed by atoms with van der Waals surface area (Å²) in [6.45, 7) is 7.07. The Morgan fingerprint density at radius 3 is 1.67 bits per heavy atom. The second-order valence-electron chi connectivity index (χ2n) is 18.4. The molecule has 1 spiro atoms. The number of H-pyrrole nitrogens is 2. The third-order valence-corrected chi connectivity index (χ3v) is 13.7. The predicted octanol–water partition coefficient (Wildman–Crippen LogP) is 7.88. The summed E-state index contributed by atoms with van der Waals surface area (Å²) in [7, 11) is 2.47. The Hall–Kier alpha value is -5.80. The van der Waals surface area contributed by atoms with Gasteiger partial charge in [0.15, 0.2) is 0 Å². The van der Waals surface area contributed by atoms with Crippen LogP contribution in [-0.2, 0) is 30.9 Å². The molecule has 2 aliphatic heterocycles. The fourth-order valence-corrected chi connectivity index (χ4v) is 10.4. The average molecular weight is 869 g/mol. The first-order valence-electron chi connectivity index (χ1n) is 22.2. The molecular formula is C47H58F2N8O6. The molecule has 2 aromatic heterocycles.